The Balaban J connectivity index is 2.53. The first kappa shape index (κ1) is 10.6. The zero-order chi connectivity index (χ0) is 11.5. The second-order valence-corrected chi connectivity index (χ2v) is 4.06. The molecule has 0 aliphatic heterocycles. The quantitative estimate of drug-likeness (QED) is 0.808. The fourth-order valence-electron chi connectivity index (χ4n) is 1.34. The molecule has 0 fully saturated rings. The molecule has 16 heavy (non-hydrogen) atoms. The number of H-pyrrole nitrogens is 1. The first-order chi connectivity index (χ1) is 7.70. The number of hydrogen-bond acceptors (Lipinski definition) is 4. The monoisotopic (exact) mass is 235 g/mol. The maximum atomic E-state index is 11.4. The second kappa shape index (κ2) is 4.32. The number of aromatic amines is 1. The van der Waals surface area contributed by atoms with Crippen LogP contribution in [0.3, 0.4) is 0 Å². The first-order valence-corrected chi connectivity index (χ1v) is 5.45. The molecule has 0 bridgehead atoms. The third kappa shape index (κ3) is 2.04. The number of hydrogen-bond donors (Lipinski definition) is 1. The fraction of sp³-hybridized carbons (Fsp3) is 0.0909. The van der Waals surface area contributed by atoms with Crippen LogP contribution in [0.4, 0.5) is 0 Å². The van der Waals surface area contributed by atoms with Crippen LogP contribution in [0.25, 0.3) is 10.6 Å². The van der Waals surface area contributed by atoms with Gasteiger partial charge in [0.25, 0.3) is 0 Å². The van der Waals surface area contributed by atoms with Gasteiger partial charge in [0.15, 0.2) is 0 Å². The largest absolute Gasteiger partial charge is 0.465 e. The Bertz CT molecular complexity index is 557. The van der Waals surface area contributed by atoms with Crippen LogP contribution < -0.4 is 5.56 Å². The Labute approximate surface area is 95.5 Å². The van der Waals surface area contributed by atoms with Gasteiger partial charge >= 0.3 is 5.97 Å². The molecule has 2 rings (SSSR count). The Morgan fingerprint density at radius 1 is 1.44 bits per heavy atom. The third-order valence-electron chi connectivity index (χ3n) is 2.05. The molecule has 0 aromatic carbocycles. The minimum atomic E-state index is -0.510. The molecule has 4 nitrogen and oxygen atoms in total. The van der Waals surface area contributed by atoms with Crippen molar-refractivity contribution in [2.45, 2.75) is 0 Å². The molecule has 82 valence electrons. The molecule has 2 aromatic rings. The van der Waals surface area contributed by atoms with E-state index in [1.807, 2.05) is 17.5 Å². The molecule has 1 N–H and O–H groups in total. The predicted molar refractivity (Wildman–Crippen MR) is 61.7 cm³/mol. The van der Waals surface area contributed by atoms with Crippen LogP contribution in [0.15, 0.2) is 34.4 Å². The van der Waals surface area contributed by atoms with E-state index < -0.39 is 5.97 Å². The molecule has 0 unspecified atom stereocenters. The van der Waals surface area contributed by atoms with Crippen LogP contribution in [-0.2, 0) is 4.74 Å². The lowest BCUT2D eigenvalue weighted by molar-refractivity contribution is 0.0600. The average Bonchev–Trinajstić information content (AvgIpc) is 2.80. The number of carbonyl (C=O) groups is 1. The van der Waals surface area contributed by atoms with Gasteiger partial charge in [-0.05, 0) is 17.5 Å². The van der Waals surface area contributed by atoms with Gasteiger partial charge in [0.1, 0.15) is 0 Å². The summed E-state index contributed by atoms with van der Waals surface area (Å²) in [5, 5.41) is 1.90. The van der Waals surface area contributed by atoms with Crippen LogP contribution >= 0.6 is 11.3 Å². The van der Waals surface area contributed by atoms with Crippen LogP contribution in [0.5, 0.6) is 0 Å². The van der Waals surface area contributed by atoms with Gasteiger partial charge in [0, 0.05) is 6.07 Å². The van der Waals surface area contributed by atoms with Crippen molar-refractivity contribution in [3.63, 3.8) is 0 Å². The van der Waals surface area contributed by atoms with Crippen molar-refractivity contribution in [2.75, 3.05) is 7.11 Å². The summed E-state index contributed by atoms with van der Waals surface area (Å²) >= 11 is 1.49. The maximum Gasteiger partial charge on any atom is 0.338 e. The molecule has 0 spiro atoms. The van der Waals surface area contributed by atoms with E-state index in [0.29, 0.717) is 5.69 Å². The van der Waals surface area contributed by atoms with Crippen LogP contribution in [0.1, 0.15) is 10.4 Å². The summed E-state index contributed by atoms with van der Waals surface area (Å²) in [7, 11) is 1.29. The van der Waals surface area contributed by atoms with E-state index in [0.717, 1.165) is 4.88 Å². The molecule has 0 saturated carbocycles. The molecule has 0 saturated heterocycles. The smallest absolute Gasteiger partial charge is 0.338 e. The molecule has 2 aromatic heterocycles. The molecule has 0 atom stereocenters. The van der Waals surface area contributed by atoms with E-state index in [-0.39, 0.29) is 11.1 Å². The lowest BCUT2D eigenvalue weighted by Crippen LogP contribution is -2.11. The number of esters is 1. The van der Waals surface area contributed by atoms with E-state index in [1.165, 1.54) is 24.5 Å². The third-order valence-corrected chi connectivity index (χ3v) is 2.96. The molecule has 2 heterocycles. The molecule has 0 radical (unpaired) electrons. The predicted octanol–water partition coefficient (Wildman–Crippen LogP) is 1.89. The number of rotatable bonds is 2. The summed E-state index contributed by atoms with van der Waals surface area (Å²) in [5.74, 6) is -0.510. The normalized spacial score (nSPS) is 10.1. The van der Waals surface area contributed by atoms with Crippen molar-refractivity contribution >= 4 is 17.3 Å². The Morgan fingerprint density at radius 2 is 2.25 bits per heavy atom. The van der Waals surface area contributed by atoms with E-state index in [1.54, 1.807) is 6.07 Å². The molecular formula is C11H9NO3S. The summed E-state index contributed by atoms with van der Waals surface area (Å²) in [5.41, 5.74) is 0.573. The summed E-state index contributed by atoms with van der Waals surface area (Å²) in [6.07, 6.45) is 0. The summed E-state index contributed by atoms with van der Waals surface area (Å²) in [4.78, 5) is 26.3. The maximum absolute atomic E-state index is 11.4. The number of thiophene rings is 1. The van der Waals surface area contributed by atoms with Crippen LogP contribution in [0, 0.1) is 0 Å². The second-order valence-electron chi connectivity index (χ2n) is 3.12. The number of aromatic nitrogens is 1. The number of carbonyl (C=O) groups excluding carboxylic acids is 1. The van der Waals surface area contributed by atoms with Gasteiger partial charge in [-0.1, -0.05) is 6.07 Å². The number of methoxy groups -OCH3 is 1. The first-order valence-electron chi connectivity index (χ1n) is 4.57. The van der Waals surface area contributed by atoms with Gasteiger partial charge in [-0.25, -0.2) is 4.79 Å². The topological polar surface area (TPSA) is 59.2 Å². The van der Waals surface area contributed by atoms with Crippen molar-refractivity contribution in [1.29, 1.82) is 0 Å². The van der Waals surface area contributed by atoms with Crippen LogP contribution in [-0.4, -0.2) is 18.1 Å². The Kier molecular flexibility index (Phi) is 2.87. The van der Waals surface area contributed by atoms with E-state index >= 15 is 0 Å². The standard InChI is InChI=1S/C11H9NO3S/c1-15-11(14)7-5-8(12-10(13)6-7)9-3-2-4-16-9/h2-6H,1H3,(H,12,13). The highest BCUT2D eigenvalue weighted by atomic mass is 32.1. The summed E-state index contributed by atoms with van der Waals surface area (Å²) in [6, 6.07) is 6.59. The van der Waals surface area contributed by atoms with Crippen molar-refractivity contribution < 1.29 is 9.53 Å². The number of nitrogens with one attached hydrogen (secondary N) is 1. The highest BCUT2D eigenvalue weighted by molar-refractivity contribution is 7.13. The van der Waals surface area contributed by atoms with E-state index in [2.05, 4.69) is 9.72 Å². The van der Waals surface area contributed by atoms with Crippen molar-refractivity contribution in [3.05, 3.63) is 45.6 Å². The minimum absolute atomic E-state index is 0.259. The average molecular weight is 235 g/mol. The SMILES string of the molecule is COC(=O)c1cc(-c2cccs2)[nH]c(=O)c1. The molecule has 5 heteroatoms. The number of pyridine rings is 1. The van der Waals surface area contributed by atoms with Crippen molar-refractivity contribution in [1.82, 2.24) is 4.98 Å². The van der Waals surface area contributed by atoms with Crippen molar-refractivity contribution in [2.24, 2.45) is 0 Å². The van der Waals surface area contributed by atoms with Gasteiger partial charge < -0.3 is 9.72 Å². The zero-order valence-corrected chi connectivity index (χ0v) is 9.34. The number of ether oxygens (including phenoxy) is 1. The summed E-state index contributed by atoms with van der Waals surface area (Å²) < 4.78 is 4.58. The van der Waals surface area contributed by atoms with Gasteiger partial charge in [-0.2, -0.15) is 0 Å². The zero-order valence-electron chi connectivity index (χ0n) is 8.52. The highest BCUT2D eigenvalue weighted by Crippen LogP contribution is 2.22. The molecule has 0 aliphatic rings. The minimum Gasteiger partial charge on any atom is -0.465 e. The lowest BCUT2D eigenvalue weighted by Gasteiger charge is -2.01. The molecular weight excluding hydrogens is 226 g/mol. The van der Waals surface area contributed by atoms with Crippen molar-refractivity contribution in [3.8, 4) is 10.6 Å². The van der Waals surface area contributed by atoms with Gasteiger partial charge in [-0.3, -0.25) is 4.79 Å². The molecule has 0 aliphatic carbocycles. The Hall–Kier alpha value is -1.88. The van der Waals surface area contributed by atoms with Gasteiger partial charge in [0.05, 0.1) is 23.2 Å². The Morgan fingerprint density at radius 3 is 2.88 bits per heavy atom. The van der Waals surface area contributed by atoms with E-state index in [4.69, 9.17) is 0 Å². The fourth-order valence-corrected chi connectivity index (χ4v) is 2.04. The summed E-state index contributed by atoms with van der Waals surface area (Å²) in [6.45, 7) is 0. The lowest BCUT2D eigenvalue weighted by atomic mass is 10.2. The van der Waals surface area contributed by atoms with Gasteiger partial charge in [0.2, 0.25) is 5.56 Å². The highest BCUT2D eigenvalue weighted by Gasteiger charge is 2.09. The van der Waals surface area contributed by atoms with Crippen LogP contribution in [0.2, 0.25) is 0 Å². The molecule has 0 amide bonds. The van der Waals surface area contributed by atoms with E-state index in [9.17, 15) is 9.59 Å². The van der Waals surface area contributed by atoms with Gasteiger partial charge in [-0.15, -0.1) is 11.3 Å².